The summed E-state index contributed by atoms with van der Waals surface area (Å²) >= 11 is 0. The molecule has 1 unspecified atom stereocenters. The standard InChI is InChI=1S/C17H19FO3/c1-4-21-15-7-5-11(2)9-13(15)17(19)12-6-8-16(20-3)14(18)10-12/h5-10,17,19H,4H2,1-3H3. The molecule has 2 aromatic carbocycles. The van der Waals surface area contributed by atoms with E-state index in [4.69, 9.17) is 9.47 Å². The smallest absolute Gasteiger partial charge is 0.165 e. The van der Waals surface area contributed by atoms with Crippen LogP contribution in [-0.2, 0) is 0 Å². The zero-order valence-corrected chi connectivity index (χ0v) is 12.4. The lowest BCUT2D eigenvalue weighted by Crippen LogP contribution is -2.05. The van der Waals surface area contributed by atoms with Crippen molar-refractivity contribution in [1.82, 2.24) is 0 Å². The number of methoxy groups -OCH3 is 1. The van der Waals surface area contributed by atoms with Crippen molar-refractivity contribution >= 4 is 0 Å². The molecule has 0 amide bonds. The van der Waals surface area contributed by atoms with Crippen LogP contribution >= 0.6 is 0 Å². The Morgan fingerprint density at radius 3 is 2.48 bits per heavy atom. The third-order valence-corrected chi connectivity index (χ3v) is 3.25. The Morgan fingerprint density at radius 1 is 1.14 bits per heavy atom. The first-order chi connectivity index (χ1) is 10.1. The van der Waals surface area contributed by atoms with Gasteiger partial charge in [0.2, 0.25) is 0 Å². The Hall–Kier alpha value is -2.07. The van der Waals surface area contributed by atoms with E-state index >= 15 is 0 Å². The number of hydrogen-bond acceptors (Lipinski definition) is 3. The van der Waals surface area contributed by atoms with Crippen molar-refractivity contribution in [3.63, 3.8) is 0 Å². The highest BCUT2D eigenvalue weighted by atomic mass is 19.1. The van der Waals surface area contributed by atoms with Gasteiger partial charge in [0, 0.05) is 5.56 Å². The van der Waals surface area contributed by atoms with Crippen LogP contribution in [0.2, 0.25) is 0 Å². The first-order valence-electron chi connectivity index (χ1n) is 6.81. The lowest BCUT2D eigenvalue weighted by molar-refractivity contribution is 0.211. The van der Waals surface area contributed by atoms with Crippen molar-refractivity contribution in [3.8, 4) is 11.5 Å². The van der Waals surface area contributed by atoms with E-state index in [0.717, 1.165) is 5.56 Å². The average molecular weight is 290 g/mol. The van der Waals surface area contributed by atoms with Crippen LogP contribution in [0, 0.1) is 12.7 Å². The monoisotopic (exact) mass is 290 g/mol. The summed E-state index contributed by atoms with van der Waals surface area (Å²) < 4.78 is 24.2. The molecule has 1 N–H and O–H groups in total. The predicted octanol–water partition coefficient (Wildman–Crippen LogP) is 3.62. The maximum atomic E-state index is 13.8. The highest BCUT2D eigenvalue weighted by molar-refractivity contribution is 5.43. The lowest BCUT2D eigenvalue weighted by atomic mass is 9.98. The zero-order chi connectivity index (χ0) is 15.4. The van der Waals surface area contributed by atoms with Gasteiger partial charge in [-0.3, -0.25) is 0 Å². The molecule has 21 heavy (non-hydrogen) atoms. The Kier molecular flexibility index (Phi) is 4.81. The lowest BCUT2D eigenvalue weighted by Gasteiger charge is -2.17. The van der Waals surface area contributed by atoms with Crippen molar-refractivity contribution in [3.05, 3.63) is 58.9 Å². The molecule has 1 atom stereocenters. The molecule has 112 valence electrons. The molecule has 0 saturated carbocycles. The second-order valence-corrected chi connectivity index (χ2v) is 4.77. The number of benzene rings is 2. The molecule has 0 heterocycles. The van der Waals surface area contributed by atoms with Gasteiger partial charge < -0.3 is 14.6 Å². The molecule has 0 spiro atoms. The van der Waals surface area contributed by atoms with Crippen LogP contribution in [0.25, 0.3) is 0 Å². The third kappa shape index (κ3) is 3.34. The fourth-order valence-electron chi connectivity index (χ4n) is 2.20. The van der Waals surface area contributed by atoms with Gasteiger partial charge >= 0.3 is 0 Å². The van der Waals surface area contributed by atoms with Crippen molar-refractivity contribution in [1.29, 1.82) is 0 Å². The summed E-state index contributed by atoms with van der Waals surface area (Å²) in [5.41, 5.74) is 2.09. The van der Waals surface area contributed by atoms with Crippen LogP contribution in [0.1, 0.15) is 29.7 Å². The maximum Gasteiger partial charge on any atom is 0.165 e. The van der Waals surface area contributed by atoms with E-state index in [0.29, 0.717) is 23.5 Å². The number of rotatable bonds is 5. The van der Waals surface area contributed by atoms with E-state index in [9.17, 15) is 9.50 Å². The molecule has 0 radical (unpaired) electrons. The SMILES string of the molecule is CCOc1ccc(C)cc1C(O)c1ccc(OC)c(F)c1. The van der Waals surface area contributed by atoms with Crippen molar-refractivity contribution < 1.29 is 19.0 Å². The Labute approximate surface area is 124 Å². The van der Waals surface area contributed by atoms with E-state index in [-0.39, 0.29) is 5.75 Å². The minimum atomic E-state index is -0.952. The molecule has 3 nitrogen and oxygen atoms in total. The van der Waals surface area contributed by atoms with Crippen LogP contribution < -0.4 is 9.47 Å². The number of aryl methyl sites for hydroxylation is 1. The van der Waals surface area contributed by atoms with Crippen LogP contribution in [0.4, 0.5) is 4.39 Å². The molecule has 0 aliphatic carbocycles. The molecule has 2 aromatic rings. The normalized spacial score (nSPS) is 12.0. The maximum absolute atomic E-state index is 13.8. The van der Waals surface area contributed by atoms with Gasteiger partial charge in [-0.2, -0.15) is 0 Å². The van der Waals surface area contributed by atoms with Gasteiger partial charge in [0.15, 0.2) is 11.6 Å². The minimum absolute atomic E-state index is 0.153. The number of hydrogen-bond donors (Lipinski definition) is 1. The molecule has 0 saturated heterocycles. The first kappa shape index (κ1) is 15.3. The van der Waals surface area contributed by atoms with Crippen LogP contribution in [0.15, 0.2) is 36.4 Å². The summed E-state index contributed by atoms with van der Waals surface area (Å²) in [5.74, 6) is 0.256. The van der Waals surface area contributed by atoms with Gasteiger partial charge in [0.05, 0.1) is 13.7 Å². The molecule has 2 rings (SSSR count). The van der Waals surface area contributed by atoms with Gasteiger partial charge in [0.25, 0.3) is 0 Å². The Balaban J connectivity index is 2.41. The average Bonchev–Trinajstić information content (AvgIpc) is 2.48. The minimum Gasteiger partial charge on any atom is -0.494 e. The molecule has 0 fully saturated rings. The highest BCUT2D eigenvalue weighted by Gasteiger charge is 2.17. The second kappa shape index (κ2) is 6.59. The van der Waals surface area contributed by atoms with Crippen molar-refractivity contribution in [2.24, 2.45) is 0 Å². The zero-order valence-electron chi connectivity index (χ0n) is 12.4. The molecule has 0 aliphatic heterocycles. The third-order valence-electron chi connectivity index (χ3n) is 3.25. The van der Waals surface area contributed by atoms with Crippen LogP contribution in [-0.4, -0.2) is 18.8 Å². The largest absolute Gasteiger partial charge is 0.494 e. The van der Waals surface area contributed by atoms with Gasteiger partial charge in [-0.15, -0.1) is 0 Å². The van der Waals surface area contributed by atoms with Crippen molar-refractivity contribution in [2.75, 3.05) is 13.7 Å². The number of ether oxygens (including phenoxy) is 2. The second-order valence-electron chi connectivity index (χ2n) is 4.77. The number of aliphatic hydroxyl groups excluding tert-OH is 1. The van der Waals surface area contributed by atoms with E-state index in [1.807, 2.05) is 32.0 Å². The number of halogens is 1. The Morgan fingerprint density at radius 2 is 1.86 bits per heavy atom. The van der Waals surface area contributed by atoms with E-state index in [2.05, 4.69) is 0 Å². The molecule has 0 aliphatic rings. The molecule has 0 aromatic heterocycles. The van der Waals surface area contributed by atoms with Crippen molar-refractivity contribution in [2.45, 2.75) is 20.0 Å². The summed E-state index contributed by atoms with van der Waals surface area (Å²) in [4.78, 5) is 0. The van der Waals surface area contributed by atoms with E-state index < -0.39 is 11.9 Å². The van der Waals surface area contributed by atoms with E-state index in [1.165, 1.54) is 19.2 Å². The molecular formula is C17H19FO3. The fraction of sp³-hybridized carbons (Fsp3) is 0.294. The molecule has 4 heteroatoms. The van der Waals surface area contributed by atoms with Gasteiger partial charge in [-0.25, -0.2) is 4.39 Å². The van der Waals surface area contributed by atoms with E-state index in [1.54, 1.807) is 6.07 Å². The quantitative estimate of drug-likeness (QED) is 0.914. The van der Waals surface area contributed by atoms with Crippen LogP contribution in [0.5, 0.6) is 11.5 Å². The van der Waals surface area contributed by atoms with Gasteiger partial charge in [-0.1, -0.05) is 17.7 Å². The summed E-state index contributed by atoms with van der Waals surface area (Å²) in [6.07, 6.45) is -0.952. The molecular weight excluding hydrogens is 271 g/mol. The molecule has 0 bridgehead atoms. The predicted molar refractivity (Wildman–Crippen MR) is 79.4 cm³/mol. The number of aliphatic hydroxyl groups is 1. The summed E-state index contributed by atoms with van der Waals surface area (Å²) in [6, 6.07) is 10.0. The summed E-state index contributed by atoms with van der Waals surface area (Å²) in [6.45, 7) is 4.31. The Bertz CT molecular complexity index is 625. The van der Waals surface area contributed by atoms with Crippen LogP contribution in [0.3, 0.4) is 0 Å². The topological polar surface area (TPSA) is 38.7 Å². The van der Waals surface area contributed by atoms with Gasteiger partial charge in [-0.05, 0) is 43.7 Å². The first-order valence-corrected chi connectivity index (χ1v) is 6.81. The summed E-state index contributed by atoms with van der Waals surface area (Å²) in [7, 11) is 1.41. The van der Waals surface area contributed by atoms with Gasteiger partial charge in [0.1, 0.15) is 11.9 Å². The highest BCUT2D eigenvalue weighted by Crippen LogP contribution is 2.32. The summed E-state index contributed by atoms with van der Waals surface area (Å²) in [5, 5.41) is 10.5. The fourth-order valence-corrected chi connectivity index (χ4v) is 2.20.